The average Bonchev–Trinajstić information content (AvgIpc) is 2.38. The lowest BCUT2D eigenvalue weighted by Gasteiger charge is -2.33. The van der Waals surface area contributed by atoms with Crippen LogP contribution in [-0.4, -0.2) is 33.6 Å². The molecule has 0 saturated carbocycles. The maximum atomic E-state index is 11.0. The van der Waals surface area contributed by atoms with E-state index >= 15 is 0 Å². The number of carbonyl (C=O) groups is 1. The first-order valence-electron chi connectivity index (χ1n) is 6.16. The second kappa shape index (κ2) is 5.21. The van der Waals surface area contributed by atoms with Crippen LogP contribution >= 0.6 is 0 Å². The number of hydrogen-bond donors (Lipinski definition) is 1. The molecule has 7 heteroatoms. The van der Waals surface area contributed by atoms with Crippen molar-refractivity contribution in [2.24, 2.45) is 0 Å². The van der Waals surface area contributed by atoms with Crippen molar-refractivity contribution in [2.45, 2.75) is 32.2 Å². The summed E-state index contributed by atoms with van der Waals surface area (Å²) < 4.78 is 0. The van der Waals surface area contributed by atoms with Gasteiger partial charge in [0.25, 0.3) is 0 Å². The van der Waals surface area contributed by atoms with E-state index in [0.717, 1.165) is 19.3 Å². The first-order chi connectivity index (χ1) is 9.00. The van der Waals surface area contributed by atoms with Gasteiger partial charge in [-0.15, -0.1) is 0 Å². The molecule has 2 rings (SSSR count). The zero-order valence-electron chi connectivity index (χ0n) is 10.6. The predicted octanol–water partition coefficient (Wildman–Crippen LogP) is 2.07. The summed E-state index contributed by atoms with van der Waals surface area (Å²) >= 11 is 0. The number of aromatic nitrogens is 1. The monoisotopic (exact) mass is 265 g/mol. The lowest BCUT2D eigenvalue weighted by Crippen LogP contribution is -2.38. The van der Waals surface area contributed by atoms with Gasteiger partial charge in [0.1, 0.15) is 0 Å². The SMILES string of the molecule is CC1CCCCN1c1nc(C(=O)O)ccc1[N+](=O)[O-]. The summed E-state index contributed by atoms with van der Waals surface area (Å²) in [6.07, 6.45) is 2.93. The van der Waals surface area contributed by atoms with Crippen LogP contribution < -0.4 is 4.90 Å². The van der Waals surface area contributed by atoms with E-state index in [1.807, 2.05) is 11.8 Å². The second-order valence-electron chi connectivity index (χ2n) is 4.64. The molecule has 0 amide bonds. The summed E-state index contributed by atoms with van der Waals surface area (Å²) in [4.78, 5) is 27.3. The van der Waals surface area contributed by atoms with Crippen LogP contribution in [0.2, 0.25) is 0 Å². The molecule has 0 aliphatic carbocycles. The van der Waals surface area contributed by atoms with Crippen molar-refractivity contribution in [1.82, 2.24) is 4.98 Å². The molecule has 102 valence electrons. The third-order valence-corrected chi connectivity index (χ3v) is 3.35. The van der Waals surface area contributed by atoms with E-state index in [1.165, 1.54) is 12.1 Å². The number of aromatic carboxylic acids is 1. The van der Waals surface area contributed by atoms with Crippen molar-refractivity contribution in [1.29, 1.82) is 0 Å². The van der Waals surface area contributed by atoms with E-state index in [9.17, 15) is 14.9 Å². The van der Waals surface area contributed by atoms with Crippen LogP contribution in [0.25, 0.3) is 0 Å². The molecule has 0 aromatic carbocycles. The van der Waals surface area contributed by atoms with Crippen LogP contribution in [0.3, 0.4) is 0 Å². The van der Waals surface area contributed by atoms with Gasteiger partial charge in [-0.05, 0) is 32.3 Å². The van der Waals surface area contributed by atoms with Crippen molar-refractivity contribution in [2.75, 3.05) is 11.4 Å². The minimum Gasteiger partial charge on any atom is -0.477 e. The normalized spacial score (nSPS) is 19.2. The molecule has 1 aliphatic heterocycles. The molecule has 1 aliphatic rings. The predicted molar refractivity (Wildman–Crippen MR) is 68.5 cm³/mol. The third-order valence-electron chi connectivity index (χ3n) is 3.35. The minimum atomic E-state index is -1.18. The van der Waals surface area contributed by atoms with Crippen LogP contribution in [0, 0.1) is 10.1 Å². The zero-order chi connectivity index (χ0) is 14.0. The zero-order valence-corrected chi connectivity index (χ0v) is 10.6. The molecule has 1 fully saturated rings. The molecule has 2 heterocycles. The van der Waals surface area contributed by atoms with E-state index in [0.29, 0.717) is 6.54 Å². The minimum absolute atomic E-state index is 0.129. The number of pyridine rings is 1. The maximum Gasteiger partial charge on any atom is 0.354 e. The lowest BCUT2D eigenvalue weighted by molar-refractivity contribution is -0.384. The van der Waals surface area contributed by atoms with Crippen molar-refractivity contribution in [3.05, 3.63) is 27.9 Å². The maximum absolute atomic E-state index is 11.0. The fraction of sp³-hybridized carbons (Fsp3) is 0.500. The first-order valence-corrected chi connectivity index (χ1v) is 6.16. The van der Waals surface area contributed by atoms with Gasteiger partial charge in [-0.25, -0.2) is 9.78 Å². The molecule has 1 atom stereocenters. The molecule has 0 bridgehead atoms. The van der Waals surface area contributed by atoms with Crippen molar-refractivity contribution in [3.63, 3.8) is 0 Å². The fourth-order valence-electron chi connectivity index (χ4n) is 2.33. The summed E-state index contributed by atoms with van der Waals surface area (Å²) in [5.74, 6) is -1.02. The molecule has 1 saturated heterocycles. The average molecular weight is 265 g/mol. The highest BCUT2D eigenvalue weighted by molar-refractivity contribution is 5.86. The van der Waals surface area contributed by atoms with Crippen LogP contribution in [0.15, 0.2) is 12.1 Å². The van der Waals surface area contributed by atoms with Gasteiger partial charge in [-0.3, -0.25) is 10.1 Å². The van der Waals surface area contributed by atoms with Gasteiger partial charge < -0.3 is 10.0 Å². The number of anilines is 1. The van der Waals surface area contributed by atoms with E-state index < -0.39 is 10.9 Å². The number of carboxylic acids is 1. The molecule has 1 N–H and O–H groups in total. The summed E-state index contributed by atoms with van der Waals surface area (Å²) in [5.41, 5.74) is -0.308. The van der Waals surface area contributed by atoms with Gasteiger partial charge in [-0.2, -0.15) is 0 Å². The molecule has 1 unspecified atom stereocenters. The Labute approximate surface area is 110 Å². The van der Waals surface area contributed by atoms with Crippen molar-refractivity contribution >= 4 is 17.5 Å². The summed E-state index contributed by atoms with van der Waals surface area (Å²) in [5, 5.41) is 20.0. The van der Waals surface area contributed by atoms with Gasteiger partial charge in [0.2, 0.25) is 5.82 Å². The number of rotatable bonds is 3. The third kappa shape index (κ3) is 2.64. The van der Waals surface area contributed by atoms with Gasteiger partial charge in [0, 0.05) is 18.7 Å². The Morgan fingerprint density at radius 2 is 2.26 bits per heavy atom. The highest BCUT2D eigenvalue weighted by atomic mass is 16.6. The highest BCUT2D eigenvalue weighted by Crippen LogP contribution is 2.31. The van der Waals surface area contributed by atoms with Gasteiger partial charge >= 0.3 is 11.7 Å². The highest BCUT2D eigenvalue weighted by Gasteiger charge is 2.28. The molecule has 19 heavy (non-hydrogen) atoms. The van der Waals surface area contributed by atoms with E-state index in [-0.39, 0.29) is 23.2 Å². The van der Waals surface area contributed by atoms with Crippen molar-refractivity contribution < 1.29 is 14.8 Å². The number of nitro groups is 1. The Morgan fingerprint density at radius 1 is 1.53 bits per heavy atom. The second-order valence-corrected chi connectivity index (χ2v) is 4.64. The molecular formula is C12H15N3O4. The number of piperidine rings is 1. The largest absolute Gasteiger partial charge is 0.477 e. The van der Waals surface area contributed by atoms with Crippen LogP contribution in [-0.2, 0) is 0 Å². The van der Waals surface area contributed by atoms with Gasteiger partial charge in [-0.1, -0.05) is 0 Å². The topological polar surface area (TPSA) is 96.6 Å². The summed E-state index contributed by atoms with van der Waals surface area (Å²) in [6, 6.07) is 2.51. The quantitative estimate of drug-likeness (QED) is 0.663. The first kappa shape index (κ1) is 13.3. The number of hydrogen-bond acceptors (Lipinski definition) is 5. The van der Waals surface area contributed by atoms with Crippen LogP contribution in [0.4, 0.5) is 11.5 Å². The van der Waals surface area contributed by atoms with Gasteiger partial charge in [0.15, 0.2) is 5.69 Å². The molecule has 7 nitrogen and oxygen atoms in total. The van der Waals surface area contributed by atoms with E-state index in [2.05, 4.69) is 4.98 Å². The number of carboxylic acid groups (broad SMARTS) is 1. The molecule has 1 aromatic heterocycles. The summed E-state index contributed by atoms with van der Waals surface area (Å²) in [6.45, 7) is 2.64. The van der Waals surface area contributed by atoms with E-state index in [1.54, 1.807) is 0 Å². The number of nitrogens with zero attached hydrogens (tertiary/aromatic N) is 3. The molecular weight excluding hydrogens is 250 g/mol. The van der Waals surface area contributed by atoms with Gasteiger partial charge in [0.05, 0.1) is 4.92 Å². The fourth-order valence-corrected chi connectivity index (χ4v) is 2.33. The molecule has 0 spiro atoms. The Hall–Kier alpha value is -2.18. The smallest absolute Gasteiger partial charge is 0.354 e. The standard InChI is InChI=1S/C12H15N3O4/c1-8-4-2-3-7-14(8)11-10(15(18)19)6-5-9(13-11)12(16)17/h5-6,8H,2-4,7H2,1H3,(H,16,17). The van der Waals surface area contributed by atoms with Crippen LogP contribution in [0.1, 0.15) is 36.7 Å². The Morgan fingerprint density at radius 3 is 2.84 bits per heavy atom. The Kier molecular flexibility index (Phi) is 3.64. The molecule has 1 aromatic rings. The lowest BCUT2D eigenvalue weighted by atomic mass is 10.0. The van der Waals surface area contributed by atoms with Crippen molar-refractivity contribution in [3.8, 4) is 0 Å². The Balaban J connectivity index is 2.47. The Bertz CT molecular complexity index is 518. The molecule has 0 radical (unpaired) electrons. The van der Waals surface area contributed by atoms with Crippen LogP contribution in [0.5, 0.6) is 0 Å². The summed E-state index contributed by atoms with van der Waals surface area (Å²) in [7, 11) is 0. The van der Waals surface area contributed by atoms with E-state index in [4.69, 9.17) is 5.11 Å².